The lowest BCUT2D eigenvalue weighted by Crippen LogP contribution is -2.37. The summed E-state index contributed by atoms with van der Waals surface area (Å²) in [7, 11) is 0. The monoisotopic (exact) mass is 235 g/mol. The first-order valence-electron chi connectivity index (χ1n) is 5.76. The number of Topliss-reactive ketones (excluding diaryl/α,β-unsaturated/α-hetero) is 1. The van der Waals surface area contributed by atoms with Gasteiger partial charge in [-0.1, -0.05) is 20.8 Å². The fraction of sp³-hybridized carbons (Fsp3) is 0.538. The number of ketones is 1. The van der Waals surface area contributed by atoms with Crippen molar-refractivity contribution in [1.82, 2.24) is 4.98 Å². The highest BCUT2D eigenvalue weighted by Crippen LogP contribution is 2.21. The summed E-state index contributed by atoms with van der Waals surface area (Å²) in [6.07, 6.45) is 3.93. The fourth-order valence-corrected chi connectivity index (χ4v) is 1.42. The number of nitrogens with zero attached hydrogens (tertiary/aromatic N) is 1. The Morgan fingerprint density at radius 1 is 1.47 bits per heavy atom. The Balaban J connectivity index is 2.60. The molecule has 1 heterocycles. The number of carbonyl (C=O) groups is 1. The van der Waals surface area contributed by atoms with Gasteiger partial charge in [-0.3, -0.25) is 9.78 Å². The third-order valence-corrected chi connectivity index (χ3v) is 2.89. The van der Waals surface area contributed by atoms with E-state index < -0.39 is 0 Å². The van der Waals surface area contributed by atoms with Crippen LogP contribution < -0.4 is 11.5 Å². The van der Waals surface area contributed by atoms with E-state index in [2.05, 4.69) is 4.98 Å². The third kappa shape index (κ3) is 4.15. The van der Waals surface area contributed by atoms with Crippen LogP contribution in [0.15, 0.2) is 18.5 Å². The number of hydrogen-bond acceptors (Lipinski definition) is 4. The first-order chi connectivity index (χ1) is 7.80. The van der Waals surface area contributed by atoms with Crippen LogP contribution in [0.4, 0.5) is 5.69 Å². The molecule has 0 radical (unpaired) electrons. The summed E-state index contributed by atoms with van der Waals surface area (Å²) in [6, 6.07) is 1.57. The lowest BCUT2D eigenvalue weighted by Gasteiger charge is -2.26. The van der Waals surface area contributed by atoms with E-state index in [0.29, 0.717) is 18.5 Å². The normalized spacial score (nSPS) is 13.4. The number of nitrogens with two attached hydrogens (primary N) is 2. The van der Waals surface area contributed by atoms with Gasteiger partial charge in [-0.15, -0.1) is 0 Å². The summed E-state index contributed by atoms with van der Waals surface area (Å²) in [5, 5.41) is 0. The predicted molar refractivity (Wildman–Crippen MR) is 69.4 cm³/mol. The minimum Gasteiger partial charge on any atom is -0.398 e. The molecule has 0 aliphatic rings. The highest BCUT2D eigenvalue weighted by molar-refractivity contribution is 5.82. The number of carbonyl (C=O) groups excluding carboxylic acids is 1. The first-order valence-corrected chi connectivity index (χ1v) is 5.76. The second-order valence-electron chi connectivity index (χ2n) is 5.47. The summed E-state index contributed by atoms with van der Waals surface area (Å²) in [5.41, 5.74) is 13.1. The average Bonchev–Trinajstić information content (AvgIpc) is 2.20. The van der Waals surface area contributed by atoms with Crippen molar-refractivity contribution in [2.75, 3.05) is 5.73 Å². The van der Waals surface area contributed by atoms with Crippen LogP contribution in [0.1, 0.15) is 32.8 Å². The number of hydrogen-bond donors (Lipinski definition) is 2. The molecule has 0 saturated heterocycles. The van der Waals surface area contributed by atoms with E-state index >= 15 is 0 Å². The molecule has 4 N–H and O–H groups in total. The van der Waals surface area contributed by atoms with Crippen molar-refractivity contribution in [2.24, 2.45) is 11.1 Å². The highest BCUT2D eigenvalue weighted by Gasteiger charge is 2.23. The molecule has 0 fully saturated rings. The van der Waals surface area contributed by atoms with E-state index in [1.807, 2.05) is 20.8 Å². The zero-order chi connectivity index (χ0) is 13.1. The van der Waals surface area contributed by atoms with Crippen molar-refractivity contribution in [3.63, 3.8) is 0 Å². The average molecular weight is 235 g/mol. The number of rotatable bonds is 4. The smallest absolute Gasteiger partial charge is 0.138 e. The maximum absolute atomic E-state index is 11.9. The van der Waals surface area contributed by atoms with Crippen molar-refractivity contribution in [3.8, 4) is 0 Å². The molecule has 0 bridgehead atoms. The standard InChI is InChI=1S/C13H21N3O/c1-13(2,3)12(15)7-10(17)6-9-8-16-5-4-11(9)14/h4-5,8,12H,6-7,15H2,1-3H3,(H2,14,16). The lowest BCUT2D eigenvalue weighted by atomic mass is 9.84. The highest BCUT2D eigenvalue weighted by atomic mass is 16.1. The second-order valence-corrected chi connectivity index (χ2v) is 5.47. The fourth-order valence-electron chi connectivity index (χ4n) is 1.42. The topological polar surface area (TPSA) is 82.0 Å². The van der Waals surface area contributed by atoms with Crippen LogP contribution in [0.3, 0.4) is 0 Å². The number of anilines is 1. The molecule has 0 amide bonds. The molecule has 4 nitrogen and oxygen atoms in total. The number of pyridine rings is 1. The van der Waals surface area contributed by atoms with E-state index in [1.54, 1.807) is 18.5 Å². The summed E-state index contributed by atoms with van der Waals surface area (Å²) >= 11 is 0. The molecule has 0 aliphatic heterocycles. The minimum atomic E-state index is -0.132. The van der Waals surface area contributed by atoms with Gasteiger partial charge in [-0.25, -0.2) is 0 Å². The molecule has 0 aliphatic carbocycles. The summed E-state index contributed by atoms with van der Waals surface area (Å²) in [5.74, 6) is 0.104. The van der Waals surface area contributed by atoms with Gasteiger partial charge in [0, 0.05) is 42.5 Å². The van der Waals surface area contributed by atoms with E-state index in [1.165, 1.54) is 0 Å². The maximum Gasteiger partial charge on any atom is 0.138 e. The van der Waals surface area contributed by atoms with Gasteiger partial charge in [-0.05, 0) is 11.5 Å². The minimum absolute atomic E-state index is 0.0594. The van der Waals surface area contributed by atoms with Crippen LogP contribution in [0, 0.1) is 5.41 Å². The van der Waals surface area contributed by atoms with E-state index in [0.717, 1.165) is 5.56 Å². The van der Waals surface area contributed by atoms with Gasteiger partial charge >= 0.3 is 0 Å². The molecule has 1 rings (SSSR count). The molecule has 0 spiro atoms. The largest absolute Gasteiger partial charge is 0.398 e. The second kappa shape index (κ2) is 5.27. The third-order valence-electron chi connectivity index (χ3n) is 2.89. The summed E-state index contributed by atoms with van der Waals surface area (Å²) < 4.78 is 0. The van der Waals surface area contributed by atoms with Gasteiger partial charge in [-0.2, -0.15) is 0 Å². The number of aromatic nitrogens is 1. The Morgan fingerprint density at radius 2 is 2.12 bits per heavy atom. The van der Waals surface area contributed by atoms with E-state index in [-0.39, 0.29) is 17.2 Å². The van der Waals surface area contributed by atoms with E-state index in [4.69, 9.17) is 11.5 Å². The quantitative estimate of drug-likeness (QED) is 0.829. The molecule has 0 aromatic carbocycles. The molecule has 1 aromatic heterocycles. The molecule has 1 aromatic rings. The Morgan fingerprint density at radius 3 is 2.65 bits per heavy atom. The summed E-state index contributed by atoms with van der Waals surface area (Å²) in [4.78, 5) is 15.8. The Bertz CT molecular complexity index is 396. The van der Waals surface area contributed by atoms with Crippen LogP contribution in [-0.2, 0) is 11.2 Å². The number of nitrogen functional groups attached to an aromatic ring is 1. The molecule has 1 unspecified atom stereocenters. The zero-order valence-electron chi connectivity index (χ0n) is 10.7. The van der Waals surface area contributed by atoms with Crippen LogP contribution in [0.5, 0.6) is 0 Å². The van der Waals surface area contributed by atoms with Gasteiger partial charge < -0.3 is 11.5 Å². The first kappa shape index (κ1) is 13.6. The molecule has 0 saturated carbocycles. The Hall–Kier alpha value is -1.42. The van der Waals surface area contributed by atoms with Gasteiger partial charge in [0.05, 0.1) is 0 Å². The van der Waals surface area contributed by atoms with E-state index in [9.17, 15) is 4.79 Å². The molecule has 1 atom stereocenters. The van der Waals surface area contributed by atoms with Gasteiger partial charge in [0.1, 0.15) is 5.78 Å². The molecule has 17 heavy (non-hydrogen) atoms. The summed E-state index contributed by atoms with van der Waals surface area (Å²) in [6.45, 7) is 6.09. The lowest BCUT2D eigenvalue weighted by molar-refractivity contribution is -0.119. The zero-order valence-corrected chi connectivity index (χ0v) is 10.7. The predicted octanol–water partition coefficient (Wildman–Crippen LogP) is 1.54. The van der Waals surface area contributed by atoms with Crippen molar-refractivity contribution < 1.29 is 4.79 Å². The van der Waals surface area contributed by atoms with Gasteiger partial charge in [0.2, 0.25) is 0 Å². The van der Waals surface area contributed by atoms with Crippen LogP contribution in [-0.4, -0.2) is 16.8 Å². The van der Waals surface area contributed by atoms with Crippen LogP contribution >= 0.6 is 0 Å². The van der Waals surface area contributed by atoms with Gasteiger partial charge in [0.15, 0.2) is 0 Å². The van der Waals surface area contributed by atoms with Crippen molar-refractivity contribution in [3.05, 3.63) is 24.0 Å². The van der Waals surface area contributed by atoms with Crippen LogP contribution in [0.25, 0.3) is 0 Å². The Labute approximate surface area is 102 Å². The SMILES string of the molecule is CC(C)(C)C(N)CC(=O)Cc1cnccc1N. The Kier molecular flexibility index (Phi) is 4.23. The van der Waals surface area contributed by atoms with Gasteiger partial charge in [0.25, 0.3) is 0 Å². The molecular formula is C13H21N3O. The molecule has 4 heteroatoms. The van der Waals surface area contributed by atoms with Crippen LogP contribution in [0.2, 0.25) is 0 Å². The van der Waals surface area contributed by atoms with Crippen molar-refractivity contribution in [2.45, 2.75) is 39.7 Å². The molecular weight excluding hydrogens is 214 g/mol. The molecule has 94 valence electrons. The van der Waals surface area contributed by atoms with Crippen molar-refractivity contribution >= 4 is 11.5 Å². The van der Waals surface area contributed by atoms with Crippen molar-refractivity contribution in [1.29, 1.82) is 0 Å². The maximum atomic E-state index is 11.9.